The predicted molar refractivity (Wildman–Crippen MR) is 69.6 cm³/mol. The Morgan fingerprint density at radius 3 is 2.78 bits per heavy atom. The third-order valence-electron chi connectivity index (χ3n) is 4.57. The minimum Gasteiger partial charge on any atom is -0.352 e. The van der Waals surface area contributed by atoms with E-state index in [1.165, 1.54) is 25.7 Å². The van der Waals surface area contributed by atoms with Crippen LogP contribution in [0.4, 0.5) is 0 Å². The monoisotopic (exact) mass is 244 g/mol. The number of aromatic nitrogens is 1. The number of fused-ring (bicyclic) bond motifs is 2. The molecule has 2 aliphatic carbocycles. The number of hydrogen-bond donors (Lipinski definition) is 1. The summed E-state index contributed by atoms with van der Waals surface area (Å²) in [6.07, 6.45) is 9.67. The maximum absolute atomic E-state index is 11.9. The average Bonchev–Trinajstić information content (AvgIpc) is 3.00. The molecule has 96 valence electrons. The van der Waals surface area contributed by atoms with E-state index in [0.717, 1.165) is 23.8 Å². The number of rotatable bonds is 4. The minimum atomic E-state index is 0.212. The first kappa shape index (κ1) is 11.7. The molecule has 2 bridgehead atoms. The number of nitrogens with one attached hydrogen (secondary N) is 1. The van der Waals surface area contributed by atoms with Gasteiger partial charge >= 0.3 is 0 Å². The molecule has 3 heteroatoms. The molecule has 2 aliphatic rings. The van der Waals surface area contributed by atoms with Crippen molar-refractivity contribution in [2.75, 3.05) is 0 Å². The van der Waals surface area contributed by atoms with Gasteiger partial charge in [-0.25, -0.2) is 0 Å². The molecule has 1 amide bonds. The maximum Gasteiger partial charge on any atom is 0.220 e. The first-order valence-electron chi connectivity index (χ1n) is 6.97. The summed E-state index contributed by atoms with van der Waals surface area (Å²) in [6, 6.07) is 3.88. The Morgan fingerprint density at radius 2 is 2.11 bits per heavy atom. The van der Waals surface area contributed by atoms with Crippen LogP contribution in [0.25, 0.3) is 0 Å². The molecule has 2 saturated carbocycles. The van der Waals surface area contributed by atoms with Gasteiger partial charge in [-0.15, -0.1) is 0 Å². The van der Waals surface area contributed by atoms with Crippen molar-refractivity contribution in [2.24, 2.45) is 17.8 Å². The molecule has 0 aliphatic heterocycles. The van der Waals surface area contributed by atoms with Crippen molar-refractivity contribution in [2.45, 2.75) is 38.6 Å². The molecule has 3 rings (SSSR count). The van der Waals surface area contributed by atoms with Gasteiger partial charge in [0.1, 0.15) is 0 Å². The lowest BCUT2D eigenvalue weighted by molar-refractivity contribution is -0.122. The van der Waals surface area contributed by atoms with Crippen molar-refractivity contribution < 1.29 is 4.79 Å². The summed E-state index contributed by atoms with van der Waals surface area (Å²) in [7, 11) is 0. The fourth-order valence-corrected chi connectivity index (χ4v) is 3.64. The Kier molecular flexibility index (Phi) is 3.31. The molecule has 2 fully saturated rings. The van der Waals surface area contributed by atoms with Crippen LogP contribution in [-0.2, 0) is 11.3 Å². The zero-order chi connectivity index (χ0) is 12.4. The Balaban J connectivity index is 1.45. The van der Waals surface area contributed by atoms with Crippen molar-refractivity contribution in [3.63, 3.8) is 0 Å². The van der Waals surface area contributed by atoms with E-state index in [-0.39, 0.29) is 5.91 Å². The lowest BCUT2D eigenvalue weighted by atomic mass is 9.86. The highest BCUT2D eigenvalue weighted by Gasteiger charge is 2.39. The molecule has 3 atom stereocenters. The molecule has 1 aromatic rings. The van der Waals surface area contributed by atoms with Crippen LogP contribution in [-0.4, -0.2) is 10.9 Å². The van der Waals surface area contributed by atoms with E-state index < -0.39 is 0 Å². The van der Waals surface area contributed by atoms with Crippen molar-refractivity contribution in [3.05, 3.63) is 30.1 Å². The quantitative estimate of drug-likeness (QED) is 0.884. The highest BCUT2D eigenvalue weighted by Crippen LogP contribution is 2.49. The Morgan fingerprint density at radius 1 is 1.28 bits per heavy atom. The van der Waals surface area contributed by atoms with Crippen molar-refractivity contribution in [1.82, 2.24) is 10.3 Å². The number of hydrogen-bond acceptors (Lipinski definition) is 2. The van der Waals surface area contributed by atoms with E-state index in [4.69, 9.17) is 0 Å². The maximum atomic E-state index is 11.9. The smallest absolute Gasteiger partial charge is 0.220 e. The van der Waals surface area contributed by atoms with Crippen LogP contribution in [0.5, 0.6) is 0 Å². The van der Waals surface area contributed by atoms with Crippen LogP contribution < -0.4 is 5.32 Å². The number of nitrogens with zero attached hydrogens (tertiary/aromatic N) is 1. The summed E-state index contributed by atoms with van der Waals surface area (Å²) >= 11 is 0. The molecule has 1 N–H and O–H groups in total. The molecule has 3 nitrogen and oxygen atoms in total. The summed E-state index contributed by atoms with van der Waals surface area (Å²) < 4.78 is 0. The van der Waals surface area contributed by atoms with Crippen molar-refractivity contribution in [3.8, 4) is 0 Å². The number of carbonyl (C=O) groups excluding carboxylic acids is 1. The molecule has 3 unspecified atom stereocenters. The largest absolute Gasteiger partial charge is 0.352 e. The molecule has 1 aromatic heterocycles. The van der Waals surface area contributed by atoms with Crippen molar-refractivity contribution >= 4 is 5.91 Å². The second-order valence-electron chi connectivity index (χ2n) is 5.77. The molecular formula is C15H20N2O. The summed E-state index contributed by atoms with van der Waals surface area (Å²) in [4.78, 5) is 15.9. The summed E-state index contributed by atoms with van der Waals surface area (Å²) in [6.45, 7) is 0.627. The van der Waals surface area contributed by atoms with Crippen LogP contribution in [0.15, 0.2) is 24.5 Å². The van der Waals surface area contributed by atoms with Gasteiger partial charge in [0.25, 0.3) is 0 Å². The Bertz CT molecular complexity index is 418. The second-order valence-corrected chi connectivity index (χ2v) is 5.77. The van der Waals surface area contributed by atoms with E-state index in [0.29, 0.717) is 12.5 Å². The SMILES string of the molecule is O=C(CC1CC2CCC1C2)NCc1ccncc1. The van der Waals surface area contributed by atoms with Gasteiger partial charge in [0.05, 0.1) is 0 Å². The highest BCUT2D eigenvalue weighted by molar-refractivity contribution is 5.76. The summed E-state index contributed by atoms with van der Waals surface area (Å²) in [5.41, 5.74) is 1.12. The number of amides is 1. The highest BCUT2D eigenvalue weighted by atomic mass is 16.1. The third kappa shape index (κ3) is 2.55. The van der Waals surface area contributed by atoms with Gasteiger partial charge in [-0.2, -0.15) is 0 Å². The molecule has 1 heterocycles. The Labute approximate surface area is 108 Å². The second kappa shape index (κ2) is 5.09. The Hall–Kier alpha value is -1.38. The van der Waals surface area contributed by atoms with E-state index >= 15 is 0 Å². The zero-order valence-corrected chi connectivity index (χ0v) is 10.6. The van der Waals surface area contributed by atoms with Gasteiger partial charge in [-0.1, -0.05) is 6.42 Å². The molecule has 0 spiro atoms. The molecule has 0 radical (unpaired) electrons. The van der Waals surface area contributed by atoms with Gasteiger partial charge < -0.3 is 5.32 Å². The fourth-order valence-electron chi connectivity index (χ4n) is 3.64. The van der Waals surface area contributed by atoms with E-state index in [2.05, 4.69) is 10.3 Å². The number of pyridine rings is 1. The van der Waals surface area contributed by atoms with Crippen LogP contribution >= 0.6 is 0 Å². The van der Waals surface area contributed by atoms with Gasteiger partial charge in [0.15, 0.2) is 0 Å². The van der Waals surface area contributed by atoms with E-state index in [9.17, 15) is 4.79 Å². The molecular weight excluding hydrogens is 224 g/mol. The normalized spacial score (nSPS) is 29.4. The zero-order valence-electron chi connectivity index (χ0n) is 10.6. The first-order valence-corrected chi connectivity index (χ1v) is 6.97. The lowest BCUT2D eigenvalue weighted by Crippen LogP contribution is -2.26. The topological polar surface area (TPSA) is 42.0 Å². The summed E-state index contributed by atoms with van der Waals surface area (Å²) in [5.74, 6) is 2.63. The lowest BCUT2D eigenvalue weighted by Gasteiger charge is -2.20. The summed E-state index contributed by atoms with van der Waals surface area (Å²) in [5, 5.41) is 3.02. The number of carbonyl (C=O) groups is 1. The molecule has 18 heavy (non-hydrogen) atoms. The fraction of sp³-hybridized carbons (Fsp3) is 0.600. The van der Waals surface area contributed by atoms with Crippen LogP contribution in [0.1, 0.15) is 37.7 Å². The third-order valence-corrected chi connectivity index (χ3v) is 4.57. The van der Waals surface area contributed by atoms with Crippen molar-refractivity contribution in [1.29, 1.82) is 0 Å². The standard InChI is InChI=1S/C15H20N2O/c18-15(17-10-11-3-5-16-6-4-11)9-14-8-12-1-2-13(14)7-12/h3-6,12-14H,1-2,7-10H2,(H,17,18). The van der Waals surface area contributed by atoms with E-state index in [1.54, 1.807) is 12.4 Å². The van der Waals surface area contributed by atoms with Gasteiger partial charge in [0, 0.05) is 25.4 Å². The van der Waals surface area contributed by atoms with Crippen LogP contribution in [0, 0.1) is 17.8 Å². The van der Waals surface area contributed by atoms with Gasteiger partial charge in [-0.3, -0.25) is 9.78 Å². The molecule has 0 aromatic carbocycles. The minimum absolute atomic E-state index is 0.212. The first-order chi connectivity index (χ1) is 8.81. The van der Waals surface area contributed by atoms with Gasteiger partial charge in [0.2, 0.25) is 5.91 Å². The predicted octanol–water partition coefficient (Wildman–Crippen LogP) is 2.52. The van der Waals surface area contributed by atoms with Crippen LogP contribution in [0.3, 0.4) is 0 Å². The van der Waals surface area contributed by atoms with Crippen LogP contribution in [0.2, 0.25) is 0 Å². The average molecular weight is 244 g/mol. The van der Waals surface area contributed by atoms with E-state index in [1.807, 2.05) is 12.1 Å². The molecule has 0 saturated heterocycles. The van der Waals surface area contributed by atoms with Gasteiger partial charge in [-0.05, 0) is 54.7 Å².